The average Bonchev–Trinajstić information content (AvgIpc) is 1.80. The summed E-state index contributed by atoms with van der Waals surface area (Å²) in [6.07, 6.45) is 0. The van der Waals surface area contributed by atoms with Gasteiger partial charge in [0, 0.05) is 5.41 Å². The second-order valence-electron chi connectivity index (χ2n) is 3.30. The molecule has 1 N–H and O–H groups in total. The number of amides is 1. The summed E-state index contributed by atoms with van der Waals surface area (Å²) < 4.78 is 0. The van der Waals surface area contributed by atoms with Crippen LogP contribution >= 0.6 is 0 Å². The Morgan fingerprint density at radius 3 is 2.00 bits per heavy atom. The first-order chi connectivity index (χ1) is 4.84. The van der Waals surface area contributed by atoms with Crippen LogP contribution in [-0.2, 0) is 9.59 Å². The quantitative estimate of drug-likeness (QED) is 0.440. The van der Waals surface area contributed by atoms with Crippen molar-refractivity contribution in [2.24, 2.45) is 5.41 Å². The molecule has 0 aromatic rings. The fraction of sp³-hybridized carbons (Fsp3) is 0.714. The van der Waals surface area contributed by atoms with Crippen molar-refractivity contribution in [1.82, 2.24) is 5.32 Å². The number of aliphatic carboxylic acids is 1. The van der Waals surface area contributed by atoms with Crippen molar-refractivity contribution in [1.29, 1.82) is 0 Å². The van der Waals surface area contributed by atoms with Crippen LogP contribution in [0.1, 0.15) is 20.8 Å². The van der Waals surface area contributed by atoms with Gasteiger partial charge in [0.1, 0.15) is 0 Å². The van der Waals surface area contributed by atoms with Gasteiger partial charge in [-0.25, -0.2) is 0 Å². The summed E-state index contributed by atoms with van der Waals surface area (Å²) in [6.45, 7) is 4.70. The summed E-state index contributed by atoms with van der Waals surface area (Å²) in [6, 6.07) is 0. The standard InChI is InChI=1S/C7H13NO3.Na/c1-7(2,3)6(11)8-4-5(9)10;/h4H2,1-3H3,(H,8,11)(H,9,10);/q;+1/p-1. The maximum absolute atomic E-state index is 11.0. The van der Waals surface area contributed by atoms with E-state index in [1.165, 1.54) is 0 Å². The Bertz CT molecular complexity index is 174. The van der Waals surface area contributed by atoms with Crippen LogP contribution in [-0.4, -0.2) is 18.4 Å². The maximum Gasteiger partial charge on any atom is 1.00 e. The normalized spacial score (nSPS) is 9.92. The molecule has 64 valence electrons. The molecule has 0 saturated carbocycles. The molecule has 0 spiro atoms. The first kappa shape index (κ1) is 14.5. The van der Waals surface area contributed by atoms with Crippen LogP contribution in [0.5, 0.6) is 0 Å². The van der Waals surface area contributed by atoms with Gasteiger partial charge in [0.25, 0.3) is 0 Å². The fourth-order valence-electron chi connectivity index (χ4n) is 0.418. The molecule has 0 fully saturated rings. The van der Waals surface area contributed by atoms with E-state index in [1.807, 2.05) is 0 Å². The molecule has 0 atom stereocenters. The molecule has 0 radical (unpaired) electrons. The van der Waals surface area contributed by atoms with E-state index in [1.54, 1.807) is 20.8 Å². The topological polar surface area (TPSA) is 69.2 Å². The molecular weight excluding hydrogens is 169 g/mol. The van der Waals surface area contributed by atoms with Gasteiger partial charge in [-0.2, -0.15) is 0 Å². The second-order valence-corrected chi connectivity index (χ2v) is 3.30. The first-order valence-corrected chi connectivity index (χ1v) is 3.32. The minimum Gasteiger partial charge on any atom is -0.548 e. The summed E-state index contributed by atoms with van der Waals surface area (Å²) in [5, 5.41) is 12.1. The van der Waals surface area contributed by atoms with Gasteiger partial charge in [0.05, 0.1) is 12.5 Å². The molecule has 0 aromatic heterocycles. The molecule has 0 saturated heterocycles. The number of carboxylic acid groups (broad SMARTS) is 1. The first-order valence-electron chi connectivity index (χ1n) is 3.32. The predicted octanol–water partition coefficient (Wildman–Crippen LogP) is -4.10. The zero-order chi connectivity index (χ0) is 9.07. The number of carbonyl (C=O) groups is 2. The zero-order valence-corrected chi connectivity index (χ0v) is 9.93. The SMILES string of the molecule is CC(C)(C)C(=O)NCC(=O)[O-].[Na+]. The van der Waals surface area contributed by atoms with Crippen LogP contribution in [0.15, 0.2) is 0 Å². The van der Waals surface area contributed by atoms with Crippen LogP contribution < -0.4 is 40.0 Å². The third-order valence-corrected chi connectivity index (χ3v) is 1.07. The van der Waals surface area contributed by atoms with Gasteiger partial charge in [-0.05, 0) is 0 Å². The Morgan fingerprint density at radius 2 is 1.75 bits per heavy atom. The van der Waals surface area contributed by atoms with Gasteiger partial charge < -0.3 is 15.2 Å². The fourth-order valence-corrected chi connectivity index (χ4v) is 0.418. The van der Waals surface area contributed by atoms with Gasteiger partial charge in [-0.3, -0.25) is 4.79 Å². The molecule has 5 heteroatoms. The molecule has 0 heterocycles. The maximum atomic E-state index is 11.0. The van der Waals surface area contributed by atoms with E-state index in [4.69, 9.17) is 0 Å². The van der Waals surface area contributed by atoms with Gasteiger partial charge in [-0.1, -0.05) is 20.8 Å². The van der Waals surface area contributed by atoms with Crippen LogP contribution in [0.3, 0.4) is 0 Å². The van der Waals surface area contributed by atoms with E-state index in [-0.39, 0.29) is 35.5 Å². The molecule has 1 amide bonds. The van der Waals surface area contributed by atoms with E-state index < -0.39 is 17.9 Å². The number of hydrogen-bond acceptors (Lipinski definition) is 3. The van der Waals surface area contributed by atoms with Crippen LogP contribution in [0.4, 0.5) is 0 Å². The van der Waals surface area contributed by atoms with Crippen molar-refractivity contribution in [2.45, 2.75) is 20.8 Å². The third-order valence-electron chi connectivity index (χ3n) is 1.07. The van der Waals surface area contributed by atoms with Crippen LogP contribution in [0.25, 0.3) is 0 Å². The Kier molecular flexibility index (Phi) is 6.70. The number of carboxylic acids is 1. The summed E-state index contributed by atoms with van der Waals surface area (Å²) in [7, 11) is 0. The monoisotopic (exact) mass is 181 g/mol. The molecule has 12 heavy (non-hydrogen) atoms. The number of hydrogen-bond donors (Lipinski definition) is 1. The Labute approximate surface area is 94.0 Å². The van der Waals surface area contributed by atoms with Crippen LogP contribution in [0.2, 0.25) is 0 Å². The Hall–Kier alpha value is -0.0600. The average molecular weight is 181 g/mol. The van der Waals surface area contributed by atoms with Crippen molar-refractivity contribution in [2.75, 3.05) is 6.54 Å². The van der Waals surface area contributed by atoms with Crippen LogP contribution in [0, 0.1) is 5.41 Å². The minimum absolute atomic E-state index is 0. The summed E-state index contributed by atoms with van der Waals surface area (Å²) in [5.41, 5.74) is -0.546. The van der Waals surface area contributed by atoms with Crippen molar-refractivity contribution in [3.63, 3.8) is 0 Å². The van der Waals surface area contributed by atoms with Crippen molar-refractivity contribution in [3.8, 4) is 0 Å². The van der Waals surface area contributed by atoms with E-state index >= 15 is 0 Å². The Morgan fingerprint density at radius 1 is 1.33 bits per heavy atom. The predicted molar refractivity (Wildman–Crippen MR) is 37.5 cm³/mol. The van der Waals surface area contributed by atoms with Crippen molar-refractivity contribution < 1.29 is 44.3 Å². The van der Waals surface area contributed by atoms with E-state index in [0.717, 1.165) is 0 Å². The van der Waals surface area contributed by atoms with E-state index in [9.17, 15) is 14.7 Å². The van der Waals surface area contributed by atoms with Gasteiger partial charge in [0.2, 0.25) is 5.91 Å². The summed E-state index contributed by atoms with van der Waals surface area (Å²) >= 11 is 0. The van der Waals surface area contributed by atoms with E-state index in [0.29, 0.717) is 0 Å². The third kappa shape index (κ3) is 6.64. The van der Waals surface area contributed by atoms with E-state index in [2.05, 4.69) is 5.32 Å². The molecule has 0 unspecified atom stereocenters. The number of rotatable bonds is 2. The van der Waals surface area contributed by atoms with Gasteiger partial charge in [-0.15, -0.1) is 0 Å². The summed E-state index contributed by atoms with van der Waals surface area (Å²) in [5.74, 6) is -1.57. The van der Waals surface area contributed by atoms with Crippen molar-refractivity contribution in [3.05, 3.63) is 0 Å². The van der Waals surface area contributed by atoms with Gasteiger partial charge in [0.15, 0.2) is 0 Å². The molecule has 0 aliphatic rings. The molecule has 0 aliphatic carbocycles. The molecule has 4 nitrogen and oxygen atoms in total. The number of nitrogens with one attached hydrogen (secondary N) is 1. The number of carbonyl (C=O) groups excluding carboxylic acids is 2. The minimum atomic E-state index is -1.28. The second kappa shape index (κ2) is 5.56. The molecule has 0 aromatic carbocycles. The molecule has 0 rings (SSSR count). The largest absolute Gasteiger partial charge is 1.00 e. The molecule has 0 aliphatic heterocycles. The zero-order valence-electron chi connectivity index (χ0n) is 7.93. The summed E-state index contributed by atoms with van der Waals surface area (Å²) in [4.78, 5) is 20.9. The molecule has 0 bridgehead atoms. The smallest absolute Gasteiger partial charge is 0.548 e. The van der Waals surface area contributed by atoms with Crippen molar-refractivity contribution >= 4 is 11.9 Å². The van der Waals surface area contributed by atoms with Gasteiger partial charge >= 0.3 is 29.6 Å². The molecular formula is C7H12NNaO3. The Balaban J connectivity index is 0.